The van der Waals surface area contributed by atoms with Crippen molar-refractivity contribution in [3.8, 4) is 0 Å². The number of anilines is 1. The van der Waals surface area contributed by atoms with Gasteiger partial charge in [0.1, 0.15) is 11.2 Å². The normalized spacial score (nSPS) is 10.9. The molecule has 4 rings (SSSR count). The van der Waals surface area contributed by atoms with Gasteiger partial charge in [-0.05, 0) is 35.9 Å². The average molecular weight is 409 g/mol. The largest absolute Gasteiger partial charge is 0.319 e. The van der Waals surface area contributed by atoms with Crippen molar-refractivity contribution in [3.63, 3.8) is 0 Å². The first kappa shape index (κ1) is 19.4. The minimum absolute atomic E-state index is 0.161. The minimum atomic E-state index is -1.71. The Morgan fingerprint density at radius 3 is 2.50 bits per heavy atom. The van der Waals surface area contributed by atoms with E-state index in [0.29, 0.717) is 17.1 Å². The SMILES string of the molecule is O=C(Nc1ccc(F)c(F)c1F)c1cc2cccnc2n(Cc2ccccc2)c1=O. The van der Waals surface area contributed by atoms with Crippen molar-refractivity contribution in [2.24, 2.45) is 0 Å². The Labute approximate surface area is 168 Å². The number of nitrogens with zero attached hydrogens (tertiary/aromatic N) is 2. The van der Waals surface area contributed by atoms with Crippen LogP contribution in [-0.2, 0) is 6.54 Å². The molecule has 8 heteroatoms. The Morgan fingerprint density at radius 1 is 0.967 bits per heavy atom. The quantitative estimate of drug-likeness (QED) is 0.516. The zero-order valence-corrected chi connectivity index (χ0v) is 15.4. The van der Waals surface area contributed by atoms with Crippen LogP contribution in [0.2, 0.25) is 0 Å². The van der Waals surface area contributed by atoms with Gasteiger partial charge in [0.05, 0.1) is 12.2 Å². The lowest BCUT2D eigenvalue weighted by atomic mass is 10.1. The Morgan fingerprint density at radius 2 is 1.73 bits per heavy atom. The Hall–Kier alpha value is -3.94. The molecule has 0 unspecified atom stereocenters. The van der Waals surface area contributed by atoms with Gasteiger partial charge in [-0.3, -0.25) is 14.2 Å². The molecule has 1 amide bonds. The highest BCUT2D eigenvalue weighted by molar-refractivity contribution is 6.05. The third-order valence-corrected chi connectivity index (χ3v) is 4.56. The molecule has 1 N–H and O–H groups in total. The van der Waals surface area contributed by atoms with Crippen molar-refractivity contribution in [1.29, 1.82) is 0 Å². The standard InChI is InChI=1S/C22H14F3N3O2/c23-16-8-9-17(19(25)18(16)24)27-21(29)15-11-14-7-4-10-26-20(14)28(22(15)30)12-13-5-2-1-3-6-13/h1-11H,12H2,(H,27,29). The number of pyridine rings is 2. The zero-order valence-electron chi connectivity index (χ0n) is 15.4. The molecule has 4 aromatic rings. The van der Waals surface area contributed by atoms with Crippen molar-refractivity contribution >= 4 is 22.6 Å². The van der Waals surface area contributed by atoms with Crippen LogP contribution in [0.1, 0.15) is 15.9 Å². The summed E-state index contributed by atoms with van der Waals surface area (Å²) >= 11 is 0. The number of hydrogen-bond acceptors (Lipinski definition) is 3. The number of benzene rings is 2. The van der Waals surface area contributed by atoms with Crippen LogP contribution in [0.15, 0.2) is 71.7 Å². The zero-order chi connectivity index (χ0) is 21.3. The lowest BCUT2D eigenvalue weighted by Crippen LogP contribution is -2.30. The number of aromatic nitrogens is 2. The summed E-state index contributed by atoms with van der Waals surface area (Å²) in [6.45, 7) is 0.161. The van der Waals surface area contributed by atoms with Crippen molar-refractivity contribution in [2.75, 3.05) is 5.32 Å². The van der Waals surface area contributed by atoms with Gasteiger partial charge in [-0.15, -0.1) is 0 Å². The number of nitrogens with one attached hydrogen (secondary N) is 1. The lowest BCUT2D eigenvalue weighted by Gasteiger charge is -2.13. The molecule has 2 aromatic carbocycles. The van der Waals surface area contributed by atoms with Gasteiger partial charge < -0.3 is 5.32 Å². The molecule has 5 nitrogen and oxygen atoms in total. The first-order chi connectivity index (χ1) is 14.5. The molecular weight excluding hydrogens is 395 g/mol. The molecule has 0 aliphatic rings. The summed E-state index contributed by atoms with van der Waals surface area (Å²) in [5.41, 5.74) is -0.307. The number of amides is 1. The van der Waals surface area contributed by atoms with E-state index in [1.807, 2.05) is 30.3 Å². The minimum Gasteiger partial charge on any atom is -0.319 e. The number of fused-ring (bicyclic) bond motifs is 1. The van der Waals surface area contributed by atoms with Crippen LogP contribution in [0.25, 0.3) is 11.0 Å². The van der Waals surface area contributed by atoms with E-state index in [0.717, 1.165) is 11.6 Å². The third-order valence-electron chi connectivity index (χ3n) is 4.56. The topological polar surface area (TPSA) is 64.0 Å². The third kappa shape index (κ3) is 3.55. The predicted octanol–water partition coefficient (Wildman–Crippen LogP) is 4.11. The first-order valence-corrected chi connectivity index (χ1v) is 8.93. The van der Waals surface area contributed by atoms with Crippen LogP contribution >= 0.6 is 0 Å². The molecule has 0 saturated carbocycles. The predicted molar refractivity (Wildman–Crippen MR) is 106 cm³/mol. The number of carbonyl (C=O) groups is 1. The van der Waals surface area contributed by atoms with Gasteiger partial charge in [0.2, 0.25) is 0 Å². The van der Waals surface area contributed by atoms with Crippen LogP contribution < -0.4 is 10.9 Å². The van der Waals surface area contributed by atoms with E-state index in [-0.39, 0.29) is 12.1 Å². The van der Waals surface area contributed by atoms with Crippen molar-refractivity contribution in [3.05, 3.63) is 106 Å². The van der Waals surface area contributed by atoms with Gasteiger partial charge >= 0.3 is 0 Å². The highest BCUT2D eigenvalue weighted by Gasteiger charge is 2.20. The molecule has 150 valence electrons. The summed E-state index contributed by atoms with van der Waals surface area (Å²) in [4.78, 5) is 30.0. The highest BCUT2D eigenvalue weighted by Crippen LogP contribution is 2.20. The summed E-state index contributed by atoms with van der Waals surface area (Å²) < 4.78 is 41.9. The molecule has 0 saturated heterocycles. The summed E-state index contributed by atoms with van der Waals surface area (Å²) in [7, 11) is 0. The smallest absolute Gasteiger partial charge is 0.265 e. The maximum atomic E-state index is 13.9. The molecule has 0 atom stereocenters. The Balaban J connectivity index is 1.79. The summed E-state index contributed by atoms with van der Waals surface area (Å²) in [5.74, 6) is -5.59. The highest BCUT2D eigenvalue weighted by atomic mass is 19.2. The van der Waals surface area contributed by atoms with Gasteiger partial charge in [0, 0.05) is 11.6 Å². The van der Waals surface area contributed by atoms with E-state index in [1.165, 1.54) is 16.8 Å². The van der Waals surface area contributed by atoms with E-state index in [9.17, 15) is 22.8 Å². The van der Waals surface area contributed by atoms with Crippen LogP contribution in [0, 0.1) is 17.5 Å². The van der Waals surface area contributed by atoms with Crippen molar-refractivity contribution in [1.82, 2.24) is 9.55 Å². The number of carbonyl (C=O) groups excluding carboxylic acids is 1. The second kappa shape index (κ2) is 7.82. The fourth-order valence-corrected chi connectivity index (χ4v) is 3.09. The lowest BCUT2D eigenvalue weighted by molar-refractivity contribution is 0.102. The molecule has 0 bridgehead atoms. The number of halogens is 3. The van der Waals surface area contributed by atoms with E-state index < -0.39 is 34.6 Å². The van der Waals surface area contributed by atoms with Crippen LogP contribution in [0.4, 0.5) is 18.9 Å². The van der Waals surface area contributed by atoms with Crippen molar-refractivity contribution < 1.29 is 18.0 Å². The molecule has 2 heterocycles. The first-order valence-electron chi connectivity index (χ1n) is 8.93. The Bertz CT molecular complexity index is 1320. The number of hydrogen-bond donors (Lipinski definition) is 1. The molecular formula is C22H14F3N3O2. The summed E-state index contributed by atoms with van der Waals surface area (Å²) in [6, 6.07) is 15.4. The molecule has 30 heavy (non-hydrogen) atoms. The van der Waals surface area contributed by atoms with Crippen molar-refractivity contribution in [2.45, 2.75) is 6.54 Å². The molecule has 0 spiro atoms. The van der Waals surface area contributed by atoms with E-state index in [1.54, 1.807) is 12.1 Å². The second-order valence-electron chi connectivity index (χ2n) is 6.53. The molecule has 2 aromatic heterocycles. The van der Waals surface area contributed by atoms with E-state index in [4.69, 9.17) is 0 Å². The fourth-order valence-electron chi connectivity index (χ4n) is 3.09. The molecule has 0 radical (unpaired) electrons. The van der Waals surface area contributed by atoms with Gasteiger partial charge in [-0.2, -0.15) is 0 Å². The van der Waals surface area contributed by atoms with E-state index >= 15 is 0 Å². The van der Waals surface area contributed by atoms with Gasteiger partial charge in [0.25, 0.3) is 11.5 Å². The average Bonchev–Trinajstić information content (AvgIpc) is 2.76. The maximum absolute atomic E-state index is 13.9. The summed E-state index contributed by atoms with van der Waals surface area (Å²) in [6.07, 6.45) is 1.53. The number of rotatable bonds is 4. The van der Waals surface area contributed by atoms with Crippen LogP contribution in [-0.4, -0.2) is 15.5 Å². The Kier molecular flexibility index (Phi) is 5.05. The molecule has 0 aliphatic heterocycles. The van der Waals surface area contributed by atoms with Gasteiger partial charge in [-0.25, -0.2) is 18.2 Å². The van der Waals surface area contributed by atoms with E-state index in [2.05, 4.69) is 10.3 Å². The maximum Gasteiger partial charge on any atom is 0.265 e. The monoisotopic (exact) mass is 409 g/mol. The van der Waals surface area contributed by atoms with Crippen LogP contribution in [0.5, 0.6) is 0 Å². The van der Waals surface area contributed by atoms with Gasteiger partial charge in [0.15, 0.2) is 17.5 Å². The second-order valence-corrected chi connectivity index (χ2v) is 6.53. The molecule has 0 aliphatic carbocycles. The molecule has 0 fully saturated rings. The van der Waals surface area contributed by atoms with Crippen LogP contribution in [0.3, 0.4) is 0 Å². The summed E-state index contributed by atoms with van der Waals surface area (Å²) in [5, 5.41) is 2.65. The fraction of sp³-hybridized carbons (Fsp3) is 0.0455. The van der Waals surface area contributed by atoms with Gasteiger partial charge in [-0.1, -0.05) is 30.3 Å².